The van der Waals surface area contributed by atoms with Gasteiger partial charge in [-0.05, 0) is 79.2 Å². The maximum atomic E-state index is 6.20. The molecule has 3 aromatic carbocycles. The molecule has 0 N–H and O–H groups in total. The van der Waals surface area contributed by atoms with Gasteiger partial charge in [-0.15, -0.1) is 0 Å². The van der Waals surface area contributed by atoms with Gasteiger partial charge in [0.05, 0.1) is 17.4 Å². The summed E-state index contributed by atoms with van der Waals surface area (Å²) in [5.74, 6) is 0. The number of fused-ring (bicyclic) bond motifs is 1. The van der Waals surface area contributed by atoms with E-state index in [0.717, 1.165) is 29.5 Å². The first-order valence-electron chi connectivity index (χ1n) is 12.1. The van der Waals surface area contributed by atoms with Crippen LogP contribution < -0.4 is 0 Å². The monoisotopic (exact) mass is 494 g/mol. The van der Waals surface area contributed by atoms with E-state index in [2.05, 4.69) is 90.9 Å². The van der Waals surface area contributed by atoms with Gasteiger partial charge in [-0.2, -0.15) is 0 Å². The highest BCUT2D eigenvalue weighted by atomic mass is 35.5. The average Bonchev–Trinajstić information content (AvgIpc) is 3.29. The fraction of sp³-hybridized carbons (Fsp3) is 0.194. The van der Waals surface area contributed by atoms with Crippen molar-refractivity contribution in [2.24, 2.45) is 4.99 Å². The van der Waals surface area contributed by atoms with Gasteiger partial charge < -0.3 is 4.90 Å². The van der Waals surface area contributed by atoms with Crippen LogP contribution in [0.5, 0.6) is 0 Å². The van der Waals surface area contributed by atoms with Crippen LogP contribution in [-0.4, -0.2) is 10.1 Å². The molecule has 1 aliphatic carbocycles. The number of hydrogen-bond donors (Lipinski definition) is 0. The van der Waals surface area contributed by atoms with E-state index in [1.807, 2.05) is 12.1 Å². The van der Waals surface area contributed by atoms with Gasteiger partial charge in [-0.1, -0.05) is 95.2 Å². The number of rotatable bonds is 3. The predicted molar refractivity (Wildman–Crippen MR) is 150 cm³/mol. The predicted octanol–water partition coefficient (Wildman–Crippen LogP) is 8.94. The number of allylic oxidation sites excluding steroid dienone is 1. The molecule has 1 unspecified atom stereocenters. The van der Waals surface area contributed by atoms with Crippen LogP contribution >= 0.6 is 23.4 Å². The van der Waals surface area contributed by atoms with Crippen LogP contribution in [0.25, 0.3) is 11.8 Å². The number of amidine groups is 1. The molecule has 35 heavy (non-hydrogen) atoms. The molecule has 174 valence electrons. The number of aliphatic imine (C=N–C) groups is 1. The van der Waals surface area contributed by atoms with Crippen molar-refractivity contribution in [3.05, 3.63) is 128 Å². The van der Waals surface area contributed by atoms with Crippen LogP contribution in [0.3, 0.4) is 0 Å². The van der Waals surface area contributed by atoms with E-state index < -0.39 is 0 Å². The van der Waals surface area contributed by atoms with Crippen molar-refractivity contribution < 1.29 is 0 Å². The minimum Gasteiger partial charge on any atom is -0.308 e. The van der Waals surface area contributed by atoms with E-state index >= 15 is 0 Å². The van der Waals surface area contributed by atoms with E-state index in [4.69, 9.17) is 16.6 Å². The summed E-state index contributed by atoms with van der Waals surface area (Å²) in [6.07, 6.45) is 5.61. The minimum atomic E-state index is 0.136. The molecular formula is C31H27ClN2S. The molecule has 6 rings (SSSR count). The van der Waals surface area contributed by atoms with Gasteiger partial charge in [0.2, 0.25) is 0 Å². The third-order valence-electron chi connectivity index (χ3n) is 6.99. The molecule has 0 saturated carbocycles. The fourth-order valence-electron chi connectivity index (χ4n) is 5.16. The number of aryl methyl sites for hydroxylation is 2. The van der Waals surface area contributed by atoms with E-state index in [9.17, 15) is 0 Å². The SMILES string of the molecule is Cc1ccc(C=C2CCCC3=C2N=C2SC=C(c4ccc(Cl)cc4)N2C3c2ccc(C)cc2)cc1. The summed E-state index contributed by atoms with van der Waals surface area (Å²) in [5, 5.41) is 4.05. The Morgan fingerprint density at radius 3 is 2.29 bits per heavy atom. The molecule has 4 heteroatoms. The zero-order valence-corrected chi connectivity index (χ0v) is 21.5. The lowest BCUT2D eigenvalue weighted by Gasteiger charge is -2.40. The number of halogens is 1. The van der Waals surface area contributed by atoms with Crippen LogP contribution in [0, 0.1) is 13.8 Å². The second-order valence-corrected chi connectivity index (χ2v) is 10.8. The van der Waals surface area contributed by atoms with Crippen LogP contribution in [0.2, 0.25) is 5.02 Å². The number of hydrogen-bond acceptors (Lipinski definition) is 3. The van der Waals surface area contributed by atoms with Crippen LogP contribution in [-0.2, 0) is 0 Å². The topological polar surface area (TPSA) is 15.6 Å². The van der Waals surface area contributed by atoms with E-state index in [1.165, 1.54) is 50.4 Å². The molecule has 3 aromatic rings. The molecule has 3 aliphatic rings. The number of benzene rings is 3. The summed E-state index contributed by atoms with van der Waals surface area (Å²) in [6.45, 7) is 4.28. The molecule has 0 spiro atoms. The molecule has 1 atom stereocenters. The highest BCUT2D eigenvalue weighted by Crippen LogP contribution is 2.51. The van der Waals surface area contributed by atoms with Gasteiger partial charge >= 0.3 is 0 Å². The van der Waals surface area contributed by atoms with Crippen molar-refractivity contribution in [3.8, 4) is 0 Å². The van der Waals surface area contributed by atoms with Gasteiger partial charge in [0.15, 0.2) is 5.17 Å². The van der Waals surface area contributed by atoms with Gasteiger partial charge in [-0.25, -0.2) is 4.99 Å². The van der Waals surface area contributed by atoms with Crippen LogP contribution in [0.15, 0.2) is 100 Å². The fourth-order valence-corrected chi connectivity index (χ4v) is 6.21. The Hall–Kier alpha value is -3.01. The summed E-state index contributed by atoms with van der Waals surface area (Å²) in [6, 6.07) is 26.1. The highest BCUT2D eigenvalue weighted by Gasteiger charge is 2.40. The van der Waals surface area contributed by atoms with E-state index in [0.29, 0.717) is 0 Å². The lowest BCUT2D eigenvalue weighted by molar-refractivity contribution is 0.458. The molecule has 0 amide bonds. The van der Waals surface area contributed by atoms with Crippen LogP contribution in [0.1, 0.15) is 53.1 Å². The summed E-state index contributed by atoms with van der Waals surface area (Å²) >= 11 is 7.92. The Labute approximate surface area is 216 Å². The lowest BCUT2D eigenvalue weighted by atomic mass is 9.82. The molecule has 0 aromatic heterocycles. The Morgan fingerprint density at radius 1 is 0.886 bits per heavy atom. The van der Waals surface area contributed by atoms with E-state index in [1.54, 1.807) is 11.8 Å². The Morgan fingerprint density at radius 2 is 1.57 bits per heavy atom. The molecule has 0 bridgehead atoms. The number of thioether (sulfide) groups is 1. The first kappa shape index (κ1) is 22.5. The Kier molecular flexibility index (Phi) is 5.91. The largest absolute Gasteiger partial charge is 0.308 e. The first-order chi connectivity index (χ1) is 17.1. The van der Waals surface area contributed by atoms with Crippen molar-refractivity contribution >= 4 is 40.3 Å². The lowest BCUT2D eigenvalue weighted by Crippen LogP contribution is -2.34. The third-order valence-corrected chi connectivity index (χ3v) is 8.08. The van der Waals surface area contributed by atoms with Crippen molar-refractivity contribution in [2.45, 2.75) is 39.2 Å². The highest BCUT2D eigenvalue weighted by molar-refractivity contribution is 8.16. The normalized spacial score (nSPS) is 20.5. The Bertz CT molecular complexity index is 1390. The second-order valence-electron chi connectivity index (χ2n) is 9.51. The average molecular weight is 495 g/mol. The molecule has 2 aliphatic heterocycles. The van der Waals surface area contributed by atoms with Gasteiger partial charge in [-0.3, -0.25) is 0 Å². The summed E-state index contributed by atoms with van der Waals surface area (Å²) in [5.41, 5.74) is 11.4. The molecular weight excluding hydrogens is 468 g/mol. The second kappa shape index (κ2) is 9.22. The molecule has 2 nitrogen and oxygen atoms in total. The van der Waals surface area contributed by atoms with E-state index in [-0.39, 0.29) is 6.04 Å². The molecule has 0 saturated heterocycles. The Balaban J connectivity index is 1.48. The van der Waals surface area contributed by atoms with Gasteiger partial charge in [0, 0.05) is 10.4 Å². The van der Waals surface area contributed by atoms with Crippen molar-refractivity contribution in [1.82, 2.24) is 4.90 Å². The molecule has 0 fully saturated rings. The first-order valence-corrected chi connectivity index (χ1v) is 13.4. The summed E-state index contributed by atoms with van der Waals surface area (Å²) in [4.78, 5) is 7.72. The van der Waals surface area contributed by atoms with Gasteiger partial charge in [0.1, 0.15) is 0 Å². The van der Waals surface area contributed by atoms with Crippen molar-refractivity contribution in [2.75, 3.05) is 0 Å². The minimum absolute atomic E-state index is 0.136. The van der Waals surface area contributed by atoms with Gasteiger partial charge in [0.25, 0.3) is 0 Å². The summed E-state index contributed by atoms with van der Waals surface area (Å²) < 4.78 is 0. The molecule has 0 radical (unpaired) electrons. The maximum absolute atomic E-state index is 6.20. The standard InChI is InChI=1S/C31H27ClN2S/c1-20-6-10-22(11-7-20)18-25-4-3-5-27-29(25)33-31-34(30(27)24-12-8-21(2)9-13-24)28(19-35-31)23-14-16-26(32)17-15-23/h6-19,30H,3-5H2,1-2H3. The zero-order valence-electron chi connectivity index (χ0n) is 20.0. The zero-order chi connectivity index (χ0) is 23.9. The molecule has 2 heterocycles. The summed E-state index contributed by atoms with van der Waals surface area (Å²) in [7, 11) is 0. The smallest absolute Gasteiger partial charge is 0.174 e. The number of nitrogens with zero attached hydrogens (tertiary/aromatic N) is 2. The van der Waals surface area contributed by atoms with Crippen LogP contribution in [0.4, 0.5) is 0 Å². The van der Waals surface area contributed by atoms with Crippen molar-refractivity contribution in [1.29, 1.82) is 0 Å². The van der Waals surface area contributed by atoms with Crippen molar-refractivity contribution in [3.63, 3.8) is 0 Å². The third kappa shape index (κ3) is 4.28. The quantitative estimate of drug-likeness (QED) is 0.361. The maximum Gasteiger partial charge on any atom is 0.174 e.